The third-order valence-corrected chi connectivity index (χ3v) is 16.0. The standard InChI is InChI=1S/C66H62N2/c1-7-40-65(6,67(52-28-12-10-13-29-52)45-60-54-32-20-16-24-46(54)41-47-25-17-21-33-55(47)60)50-36-38-58-59-39-37-51(44-62(59)64(4,5)61(58)43-50)66(8-2,9-3)68(53-30-14-11-15-31-53)63-56-34-22-18-26-48(56)42-49-27-19-23-35-57(49)63/h10-39,41-44H,7-9,40,45H2,1-6H3. The first kappa shape index (κ1) is 43.4. The second-order valence-corrected chi connectivity index (χ2v) is 20.0. The van der Waals surface area contributed by atoms with Crippen molar-refractivity contribution in [3.05, 3.63) is 234 Å². The van der Waals surface area contributed by atoms with Gasteiger partial charge in [0.1, 0.15) is 0 Å². The van der Waals surface area contributed by atoms with Crippen molar-refractivity contribution in [3.8, 4) is 11.1 Å². The lowest BCUT2D eigenvalue weighted by Gasteiger charge is -2.46. The third kappa shape index (κ3) is 6.91. The van der Waals surface area contributed by atoms with Crippen molar-refractivity contribution < 1.29 is 0 Å². The molecule has 0 saturated carbocycles. The van der Waals surface area contributed by atoms with Crippen LogP contribution in [0.3, 0.4) is 0 Å². The first-order chi connectivity index (χ1) is 33.2. The monoisotopic (exact) mass is 882 g/mol. The van der Waals surface area contributed by atoms with E-state index in [1.165, 1.54) is 99.1 Å². The molecule has 10 aromatic carbocycles. The van der Waals surface area contributed by atoms with Crippen LogP contribution in [-0.4, -0.2) is 0 Å². The van der Waals surface area contributed by atoms with Gasteiger partial charge in [-0.1, -0.05) is 211 Å². The van der Waals surface area contributed by atoms with E-state index in [9.17, 15) is 0 Å². The minimum absolute atomic E-state index is 0.232. The smallest absolute Gasteiger partial charge is 0.0697 e. The average Bonchev–Trinajstić information content (AvgIpc) is 3.61. The van der Waals surface area contributed by atoms with Gasteiger partial charge in [0.2, 0.25) is 0 Å². The number of nitrogens with zero attached hydrogens (tertiary/aromatic N) is 2. The summed E-state index contributed by atoms with van der Waals surface area (Å²) in [6.45, 7) is 15.3. The van der Waals surface area contributed by atoms with Crippen molar-refractivity contribution in [2.45, 2.75) is 90.3 Å². The molecule has 0 fully saturated rings. The van der Waals surface area contributed by atoms with Crippen molar-refractivity contribution in [1.82, 2.24) is 0 Å². The van der Waals surface area contributed by atoms with Gasteiger partial charge in [-0.05, 0) is 134 Å². The van der Waals surface area contributed by atoms with Gasteiger partial charge in [0.15, 0.2) is 0 Å². The second kappa shape index (κ2) is 17.2. The Labute approximate surface area is 403 Å². The van der Waals surface area contributed by atoms with Gasteiger partial charge in [0.05, 0.1) is 16.8 Å². The average molecular weight is 883 g/mol. The van der Waals surface area contributed by atoms with Gasteiger partial charge in [-0.2, -0.15) is 0 Å². The summed E-state index contributed by atoms with van der Waals surface area (Å²) >= 11 is 0. The Balaban J connectivity index is 1.05. The van der Waals surface area contributed by atoms with Gasteiger partial charge in [-0.25, -0.2) is 0 Å². The van der Waals surface area contributed by atoms with Gasteiger partial charge < -0.3 is 9.80 Å². The van der Waals surface area contributed by atoms with E-state index in [0.717, 1.165) is 32.2 Å². The number of anilines is 3. The maximum absolute atomic E-state index is 2.71. The summed E-state index contributed by atoms with van der Waals surface area (Å²) in [4.78, 5) is 5.42. The van der Waals surface area contributed by atoms with E-state index in [-0.39, 0.29) is 16.5 Å². The van der Waals surface area contributed by atoms with Crippen molar-refractivity contribution >= 4 is 60.2 Å². The zero-order chi connectivity index (χ0) is 46.6. The fraction of sp³-hybridized carbons (Fsp3) is 0.212. The second-order valence-electron chi connectivity index (χ2n) is 20.0. The Morgan fingerprint density at radius 3 is 1.37 bits per heavy atom. The third-order valence-electron chi connectivity index (χ3n) is 16.0. The molecule has 1 aliphatic carbocycles. The summed E-state index contributed by atoms with van der Waals surface area (Å²) in [6, 6.07) is 77.8. The number of rotatable bonds is 13. The summed E-state index contributed by atoms with van der Waals surface area (Å²) in [7, 11) is 0. The Morgan fingerprint density at radius 2 is 0.868 bits per heavy atom. The molecule has 0 bridgehead atoms. The lowest BCUT2D eigenvalue weighted by atomic mass is 9.76. The Morgan fingerprint density at radius 1 is 0.441 bits per heavy atom. The highest BCUT2D eigenvalue weighted by molar-refractivity contribution is 6.13. The Hall–Kier alpha value is -7.16. The largest absolute Gasteiger partial charge is 0.358 e. The maximum Gasteiger partial charge on any atom is 0.0697 e. The minimum Gasteiger partial charge on any atom is -0.358 e. The molecular formula is C66H62N2. The highest BCUT2D eigenvalue weighted by Gasteiger charge is 2.43. The first-order valence-corrected chi connectivity index (χ1v) is 25.0. The van der Waals surface area contributed by atoms with Crippen molar-refractivity contribution in [1.29, 1.82) is 0 Å². The molecule has 0 amide bonds. The molecule has 11 rings (SSSR count). The van der Waals surface area contributed by atoms with Crippen molar-refractivity contribution in [2.24, 2.45) is 0 Å². The van der Waals surface area contributed by atoms with E-state index >= 15 is 0 Å². The molecule has 1 unspecified atom stereocenters. The number of hydrogen-bond acceptors (Lipinski definition) is 2. The van der Waals surface area contributed by atoms with Crippen molar-refractivity contribution in [2.75, 3.05) is 9.80 Å². The SMILES string of the molecule is CCCC(C)(c1ccc2c(c1)C(C)(C)c1cc(C(CC)(CC)N(c3ccccc3)c3c4ccccc4cc4ccccc34)ccc1-2)N(Cc1c2ccccc2cc2ccccc12)c1ccccc1. The van der Waals surface area contributed by atoms with Gasteiger partial charge in [-0.3, -0.25) is 0 Å². The van der Waals surface area contributed by atoms with Crippen LogP contribution in [-0.2, 0) is 23.0 Å². The van der Waals surface area contributed by atoms with Crippen LogP contribution < -0.4 is 9.80 Å². The van der Waals surface area contributed by atoms with E-state index in [0.29, 0.717) is 0 Å². The molecule has 2 nitrogen and oxygen atoms in total. The van der Waals surface area contributed by atoms with E-state index in [1.807, 2.05) is 0 Å². The number of hydrogen-bond donors (Lipinski definition) is 0. The fourth-order valence-electron chi connectivity index (χ4n) is 12.4. The van der Waals surface area contributed by atoms with Crippen LogP contribution in [0, 0.1) is 0 Å². The molecule has 0 aliphatic heterocycles. The molecule has 0 saturated heterocycles. The molecule has 1 atom stereocenters. The van der Waals surface area contributed by atoms with Crippen molar-refractivity contribution in [3.63, 3.8) is 0 Å². The van der Waals surface area contributed by atoms with Gasteiger partial charge in [-0.15, -0.1) is 0 Å². The summed E-state index contributed by atoms with van der Waals surface area (Å²) < 4.78 is 0. The molecule has 0 radical (unpaired) electrons. The van der Waals surface area contributed by atoms with Crippen LogP contribution in [0.1, 0.15) is 95.0 Å². The maximum atomic E-state index is 2.71. The van der Waals surface area contributed by atoms with E-state index in [1.54, 1.807) is 0 Å². The molecule has 0 spiro atoms. The van der Waals surface area contributed by atoms with Crippen LogP contribution in [0.2, 0.25) is 0 Å². The van der Waals surface area contributed by atoms with Crippen LogP contribution in [0.15, 0.2) is 206 Å². The molecule has 1 aliphatic rings. The molecule has 0 heterocycles. The molecule has 0 N–H and O–H groups in total. The van der Waals surface area contributed by atoms with Gasteiger partial charge in [0.25, 0.3) is 0 Å². The summed E-state index contributed by atoms with van der Waals surface area (Å²) in [5.41, 5.74) is 12.5. The normalized spacial score (nSPS) is 14.0. The predicted octanol–water partition coefficient (Wildman–Crippen LogP) is 18.2. The molecular weight excluding hydrogens is 821 g/mol. The highest BCUT2D eigenvalue weighted by atomic mass is 15.2. The Kier molecular flexibility index (Phi) is 11.0. The topological polar surface area (TPSA) is 6.48 Å². The molecule has 2 heteroatoms. The van der Waals surface area contributed by atoms with Crippen LogP contribution in [0.5, 0.6) is 0 Å². The van der Waals surface area contributed by atoms with E-state index in [2.05, 4.69) is 258 Å². The highest BCUT2D eigenvalue weighted by Crippen LogP contribution is 2.55. The number of para-hydroxylation sites is 2. The van der Waals surface area contributed by atoms with E-state index in [4.69, 9.17) is 0 Å². The number of fused-ring (bicyclic) bond motifs is 7. The Bertz CT molecular complexity index is 3360. The molecule has 336 valence electrons. The minimum atomic E-state index is -0.346. The lowest BCUT2D eigenvalue weighted by molar-refractivity contribution is 0.397. The van der Waals surface area contributed by atoms with Gasteiger partial charge >= 0.3 is 0 Å². The predicted molar refractivity (Wildman–Crippen MR) is 293 cm³/mol. The van der Waals surface area contributed by atoms with E-state index < -0.39 is 0 Å². The summed E-state index contributed by atoms with van der Waals surface area (Å²) in [5.74, 6) is 0. The van der Waals surface area contributed by atoms with Gasteiger partial charge in [0, 0.05) is 34.1 Å². The molecule has 68 heavy (non-hydrogen) atoms. The molecule has 0 aromatic heterocycles. The summed E-state index contributed by atoms with van der Waals surface area (Å²) in [5, 5.41) is 10.3. The first-order valence-electron chi connectivity index (χ1n) is 25.0. The zero-order valence-corrected chi connectivity index (χ0v) is 40.6. The van der Waals surface area contributed by atoms with Crippen LogP contribution >= 0.6 is 0 Å². The quantitative estimate of drug-likeness (QED) is 0.106. The molecule has 10 aromatic rings. The van der Waals surface area contributed by atoms with Crippen LogP contribution in [0.25, 0.3) is 54.2 Å². The fourth-order valence-corrected chi connectivity index (χ4v) is 12.4. The van der Waals surface area contributed by atoms with Crippen LogP contribution in [0.4, 0.5) is 17.1 Å². The summed E-state index contributed by atoms with van der Waals surface area (Å²) in [6.07, 6.45) is 3.93. The lowest BCUT2D eigenvalue weighted by Crippen LogP contribution is -2.44. The number of benzene rings is 10. The zero-order valence-electron chi connectivity index (χ0n) is 40.6.